The first-order valence-corrected chi connectivity index (χ1v) is 8.45. The molecule has 138 valence electrons. The van der Waals surface area contributed by atoms with Crippen molar-refractivity contribution in [3.8, 4) is 0 Å². The third-order valence-electron chi connectivity index (χ3n) is 3.97. The zero-order valence-corrected chi connectivity index (χ0v) is 14.7. The van der Waals surface area contributed by atoms with E-state index in [9.17, 15) is 13.2 Å². The summed E-state index contributed by atoms with van der Waals surface area (Å²) in [5, 5.41) is 3.21. The SMILES string of the molecule is CC(C)(C)Nc1nc(N2CCCC2)c2ncn(CCC(F)(F)F)c2n1. The Balaban J connectivity index is 2.02. The molecule has 0 aliphatic carbocycles. The highest BCUT2D eigenvalue weighted by atomic mass is 19.4. The average Bonchev–Trinajstić information content (AvgIpc) is 3.11. The fraction of sp³-hybridized carbons (Fsp3) is 0.688. The van der Waals surface area contributed by atoms with Crippen molar-refractivity contribution in [2.75, 3.05) is 23.3 Å². The van der Waals surface area contributed by atoms with E-state index in [2.05, 4.69) is 25.2 Å². The number of anilines is 2. The molecule has 25 heavy (non-hydrogen) atoms. The van der Waals surface area contributed by atoms with Gasteiger partial charge < -0.3 is 14.8 Å². The summed E-state index contributed by atoms with van der Waals surface area (Å²) in [6, 6.07) is 0. The first kappa shape index (κ1) is 17.8. The van der Waals surface area contributed by atoms with Gasteiger partial charge in [0.15, 0.2) is 17.0 Å². The van der Waals surface area contributed by atoms with Crippen LogP contribution in [0.25, 0.3) is 11.2 Å². The summed E-state index contributed by atoms with van der Waals surface area (Å²) < 4.78 is 39.2. The van der Waals surface area contributed by atoms with Gasteiger partial charge in [-0.1, -0.05) is 0 Å². The predicted octanol–water partition coefficient (Wildman–Crippen LogP) is 3.59. The molecule has 0 spiro atoms. The molecule has 1 aliphatic rings. The summed E-state index contributed by atoms with van der Waals surface area (Å²) in [5.41, 5.74) is 0.740. The molecule has 3 rings (SSSR count). The Bertz CT molecular complexity index is 741. The normalized spacial score (nSPS) is 16.0. The second-order valence-corrected chi connectivity index (χ2v) is 7.42. The lowest BCUT2D eigenvalue weighted by Gasteiger charge is -2.23. The van der Waals surface area contributed by atoms with Gasteiger partial charge >= 0.3 is 6.18 Å². The Morgan fingerprint density at radius 1 is 1.12 bits per heavy atom. The van der Waals surface area contributed by atoms with Crippen LogP contribution in [0.3, 0.4) is 0 Å². The molecule has 0 saturated carbocycles. The molecule has 6 nitrogen and oxygen atoms in total. The highest BCUT2D eigenvalue weighted by Crippen LogP contribution is 2.29. The number of hydrogen-bond donors (Lipinski definition) is 1. The van der Waals surface area contributed by atoms with Gasteiger partial charge in [0.05, 0.1) is 12.7 Å². The Kier molecular flexibility index (Phi) is 4.51. The number of nitrogens with one attached hydrogen (secondary N) is 1. The van der Waals surface area contributed by atoms with Crippen molar-refractivity contribution >= 4 is 22.9 Å². The van der Waals surface area contributed by atoms with Crippen molar-refractivity contribution in [3.05, 3.63) is 6.33 Å². The van der Waals surface area contributed by atoms with Gasteiger partial charge in [0.25, 0.3) is 0 Å². The Labute approximate surface area is 144 Å². The summed E-state index contributed by atoms with van der Waals surface area (Å²) in [4.78, 5) is 15.5. The highest BCUT2D eigenvalue weighted by molar-refractivity contribution is 5.85. The van der Waals surface area contributed by atoms with E-state index in [-0.39, 0.29) is 12.1 Å². The minimum atomic E-state index is -4.21. The van der Waals surface area contributed by atoms with E-state index < -0.39 is 12.6 Å². The number of alkyl halides is 3. The molecular formula is C16H23F3N6. The van der Waals surface area contributed by atoms with Gasteiger partial charge in [0, 0.05) is 25.2 Å². The molecule has 1 N–H and O–H groups in total. The van der Waals surface area contributed by atoms with Gasteiger partial charge in [-0.3, -0.25) is 0 Å². The maximum Gasteiger partial charge on any atom is 0.390 e. The lowest BCUT2D eigenvalue weighted by atomic mass is 10.1. The number of hydrogen-bond acceptors (Lipinski definition) is 5. The van der Waals surface area contributed by atoms with Crippen LogP contribution in [0.15, 0.2) is 6.33 Å². The van der Waals surface area contributed by atoms with Crippen LogP contribution >= 0.6 is 0 Å². The van der Waals surface area contributed by atoms with E-state index in [0.717, 1.165) is 25.9 Å². The van der Waals surface area contributed by atoms with E-state index in [1.54, 1.807) is 0 Å². The molecule has 0 unspecified atom stereocenters. The quantitative estimate of drug-likeness (QED) is 0.907. The van der Waals surface area contributed by atoms with E-state index in [0.29, 0.717) is 22.9 Å². The van der Waals surface area contributed by atoms with Crippen molar-refractivity contribution in [3.63, 3.8) is 0 Å². The molecule has 0 atom stereocenters. The molecule has 1 saturated heterocycles. The molecule has 1 aliphatic heterocycles. The van der Waals surface area contributed by atoms with Crippen molar-refractivity contribution in [2.45, 2.75) is 58.3 Å². The van der Waals surface area contributed by atoms with Crippen molar-refractivity contribution in [1.82, 2.24) is 19.5 Å². The first-order chi connectivity index (χ1) is 11.6. The van der Waals surface area contributed by atoms with Crippen LogP contribution in [0.2, 0.25) is 0 Å². The second kappa shape index (κ2) is 6.34. The molecule has 2 aromatic heterocycles. The van der Waals surface area contributed by atoms with Crippen molar-refractivity contribution < 1.29 is 13.2 Å². The molecule has 0 aromatic carbocycles. The Morgan fingerprint density at radius 3 is 2.40 bits per heavy atom. The minimum absolute atomic E-state index is 0.203. The zero-order valence-electron chi connectivity index (χ0n) is 14.7. The number of rotatable bonds is 4. The monoisotopic (exact) mass is 356 g/mol. The fourth-order valence-corrected chi connectivity index (χ4v) is 2.88. The maximum absolute atomic E-state index is 12.6. The van der Waals surface area contributed by atoms with Gasteiger partial charge in [-0.15, -0.1) is 0 Å². The lowest BCUT2D eigenvalue weighted by Crippen LogP contribution is -2.28. The van der Waals surface area contributed by atoms with Gasteiger partial charge in [0.1, 0.15) is 0 Å². The van der Waals surface area contributed by atoms with Gasteiger partial charge in [0.2, 0.25) is 5.95 Å². The van der Waals surface area contributed by atoms with E-state index >= 15 is 0 Å². The Morgan fingerprint density at radius 2 is 1.80 bits per heavy atom. The maximum atomic E-state index is 12.6. The van der Waals surface area contributed by atoms with Crippen LogP contribution < -0.4 is 10.2 Å². The molecule has 1 fully saturated rings. The molecule has 9 heteroatoms. The van der Waals surface area contributed by atoms with E-state index in [4.69, 9.17) is 0 Å². The zero-order chi connectivity index (χ0) is 18.2. The van der Waals surface area contributed by atoms with Crippen molar-refractivity contribution in [1.29, 1.82) is 0 Å². The molecule has 0 amide bonds. The largest absolute Gasteiger partial charge is 0.390 e. The number of halogens is 3. The molecule has 0 radical (unpaired) electrons. The number of fused-ring (bicyclic) bond motifs is 1. The topological polar surface area (TPSA) is 58.9 Å². The summed E-state index contributed by atoms with van der Waals surface area (Å²) in [6.45, 7) is 7.49. The van der Waals surface area contributed by atoms with Crippen LogP contribution in [0.5, 0.6) is 0 Å². The van der Waals surface area contributed by atoms with Gasteiger partial charge in [-0.05, 0) is 33.6 Å². The minimum Gasteiger partial charge on any atom is -0.355 e. The van der Waals surface area contributed by atoms with Gasteiger partial charge in [-0.25, -0.2) is 4.98 Å². The Hall–Kier alpha value is -2.06. The van der Waals surface area contributed by atoms with Crippen LogP contribution in [0.4, 0.5) is 24.9 Å². The molecular weight excluding hydrogens is 333 g/mol. The number of nitrogens with zero attached hydrogens (tertiary/aromatic N) is 5. The third-order valence-corrected chi connectivity index (χ3v) is 3.97. The second-order valence-electron chi connectivity index (χ2n) is 7.42. The standard InChI is InChI=1S/C16H23F3N6/c1-15(2,3)23-14-21-12(24-7-4-5-8-24)11-13(22-14)25(10-20-11)9-6-16(17,18)19/h10H,4-9H2,1-3H3,(H,21,22,23). The first-order valence-electron chi connectivity index (χ1n) is 8.45. The predicted molar refractivity (Wildman–Crippen MR) is 90.8 cm³/mol. The van der Waals surface area contributed by atoms with E-state index in [1.165, 1.54) is 10.9 Å². The fourth-order valence-electron chi connectivity index (χ4n) is 2.88. The number of imidazole rings is 1. The van der Waals surface area contributed by atoms with Gasteiger partial charge in [-0.2, -0.15) is 23.1 Å². The van der Waals surface area contributed by atoms with Crippen molar-refractivity contribution in [2.24, 2.45) is 0 Å². The van der Waals surface area contributed by atoms with Crippen LogP contribution in [-0.4, -0.2) is 44.3 Å². The molecule has 3 heterocycles. The average molecular weight is 356 g/mol. The lowest BCUT2D eigenvalue weighted by molar-refractivity contribution is -0.136. The molecule has 0 bridgehead atoms. The number of aryl methyl sites for hydroxylation is 1. The highest BCUT2D eigenvalue weighted by Gasteiger charge is 2.28. The smallest absolute Gasteiger partial charge is 0.355 e. The molecule has 2 aromatic rings. The van der Waals surface area contributed by atoms with Crippen LogP contribution in [0, 0.1) is 0 Å². The van der Waals surface area contributed by atoms with E-state index in [1.807, 2.05) is 20.8 Å². The number of aromatic nitrogens is 4. The summed E-state index contributed by atoms with van der Waals surface area (Å²) in [5.74, 6) is 1.11. The summed E-state index contributed by atoms with van der Waals surface area (Å²) in [7, 11) is 0. The van der Waals surface area contributed by atoms with Crippen LogP contribution in [-0.2, 0) is 6.54 Å². The summed E-state index contributed by atoms with van der Waals surface area (Å²) >= 11 is 0. The van der Waals surface area contributed by atoms with Crippen LogP contribution in [0.1, 0.15) is 40.0 Å². The third kappa shape index (κ3) is 4.32. The summed E-state index contributed by atoms with van der Waals surface area (Å²) in [6.07, 6.45) is -1.56.